The molecule has 2 aliphatic rings. The number of aromatic amines is 2. The van der Waals surface area contributed by atoms with Crippen LogP contribution in [0.5, 0.6) is 5.75 Å². The van der Waals surface area contributed by atoms with Gasteiger partial charge in [0.2, 0.25) is 65.0 Å². The second-order valence-corrected chi connectivity index (χ2v) is 29.1. The van der Waals surface area contributed by atoms with E-state index in [1.165, 1.54) is 54.1 Å². The van der Waals surface area contributed by atoms with Gasteiger partial charge in [-0.05, 0) is 117 Å². The Morgan fingerprint density at radius 2 is 1.26 bits per heavy atom. The lowest BCUT2D eigenvalue weighted by Crippen LogP contribution is -2.61. The van der Waals surface area contributed by atoms with Gasteiger partial charge >= 0.3 is 0 Å². The number of benzene rings is 2. The third-order valence-corrected chi connectivity index (χ3v) is 19.6. The number of unbranched alkanes of at least 4 members (excludes halogenated alkanes) is 1. The molecule has 0 spiro atoms. The van der Waals surface area contributed by atoms with Crippen LogP contribution in [0.25, 0.3) is 10.9 Å². The minimum Gasteiger partial charge on any atom is -0.508 e. The molecule has 9 atom stereocenters. The zero-order chi connectivity index (χ0) is 84.6. The van der Waals surface area contributed by atoms with Crippen LogP contribution in [0.15, 0.2) is 129 Å². The number of phenolic OH excluding ortho intramolecular Hbond substituents is 1. The summed E-state index contributed by atoms with van der Waals surface area (Å²) in [5.41, 5.74) is 14.5. The molecule has 118 heavy (non-hydrogen) atoms. The minimum absolute atomic E-state index is 0.0308. The molecule has 39 nitrogen and oxygen atoms in total. The molecule has 13 amide bonds. The van der Waals surface area contributed by atoms with Gasteiger partial charge in [-0.1, -0.05) is 50.2 Å². The zero-order valence-electron chi connectivity index (χ0n) is 65.4. The van der Waals surface area contributed by atoms with Crippen molar-refractivity contribution in [2.75, 3.05) is 45.9 Å². The predicted octanol–water partition coefficient (Wildman–Crippen LogP) is -2.20. The summed E-state index contributed by atoms with van der Waals surface area (Å²) in [6, 6.07) is 8.31. The second-order valence-electron chi connectivity index (χ2n) is 29.1. The van der Waals surface area contributed by atoms with E-state index >= 15 is 9.59 Å². The maximum atomic E-state index is 15.2. The van der Waals surface area contributed by atoms with Gasteiger partial charge in [0.25, 0.3) is 11.8 Å². The smallest absolute Gasteiger partial charge is 0.269 e. The van der Waals surface area contributed by atoms with Gasteiger partial charge in [0, 0.05) is 126 Å². The summed E-state index contributed by atoms with van der Waals surface area (Å²) in [6.07, 6.45) is 12.5. The highest BCUT2D eigenvalue weighted by molar-refractivity contribution is 6.00. The Labute approximate surface area is 679 Å². The molecule has 628 valence electrons. The highest BCUT2D eigenvalue weighted by Crippen LogP contribution is 2.23. The number of para-hydroxylation sites is 1. The Morgan fingerprint density at radius 1 is 0.602 bits per heavy atom. The number of aromatic nitrogens is 7. The topological polar surface area (TPSA) is 585 Å². The molecule has 2 saturated heterocycles. The van der Waals surface area contributed by atoms with Gasteiger partial charge < -0.3 is 100 Å². The average Bonchev–Trinajstić information content (AvgIpc) is 1.64. The number of fused-ring (bicyclic) bond motifs is 1. The molecule has 0 saturated carbocycles. The van der Waals surface area contributed by atoms with Gasteiger partial charge in [0.1, 0.15) is 65.8 Å². The van der Waals surface area contributed by atoms with E-state index in [0.29, 0.717) is 65.2 Å². The number of guanidine groups is 1. The Kier molecular flexibility index (Phi) is 33.4. The summed E-state index contributed by atoms with van der Waals surface area (Å²) in [5.74, 6) is -10.5. The molecule has 21 N–H and O–H groups in total. The Balaban J connectivity index is 0.942. The van der Waals surface area contributed by atoms with E-state index in [1.54, 1.807) is 93.2 Å². The summed E-state index contributed by atoms with van der Waals surface area (Å²) in [5, 5.41) is 62.0. The number of nitrogens with one attached hydrogen (secondary N) is 15. The number of aliphatic hydroxyl groups is 1. The molecule has 2 aliphatic heterocycles. The maximum Gasteiger partial charge on any atom is 0.269 e. The number of phenols is 1. The molecule has 0 radical (unpaired) electrons. The van der Waals surface area contributed by atoms with E-state index in [4.69, 9.17) is 16.9 Å². The molecule has 0 bridgehead atoms. The monoisotopic (exact) mass is 1630 g/mol. The van der Waals surface area contributed by atoms with Crippen molar-refractivity contribution in [1.82, 2.24) is 108 Å². The number of likely N-dealkylation sites (tertiary alicyclic amines) is 1. The number of H-pyrrole nitrogens is 2. The number of amides is 13. The van der Waals surface area contributed by atoms with E-state index in [-0.39, 0.29) is 144 Å². The molecule has 0 aliphatic carbocycles. The Bertz CT molecular complexity index is 4600. The van der Waals surface area contributed by atoms with Crippen LogP contribution in [0.3, 0.4) is 0 Å². The number of primary amides is 1. The number of nitrogens with two attached hydrogens (primary N) is 2. The largest absolute Gasteiger partial charge is 0.508 e. The van der Waals surface area contributed by atoms with Crippen LogP contribution in [0.4, 0.5) is 0 Å². The SMILES string of the molecule is CC(C)C[C@H](NC(=O)[C@@H](CCCCNC(=O)c1ccc(CN(CCNC(=O)c2ccccn2)Cc2cnccn2)nc1)NC(=O)[C@H](Cc1ccc(O)cc1)NC(=O)[C@H](CO)NC(=O)[C@H](Cc1c[nH]c2ccccc12)NC(=O)[C@H](Cc1c[nH]cn1)NC(=O)[C@@H]1CCC(=O)N1)C(=O)N[C@@H](CCCNC(=N)N)C(=O)N1CCC[C@H]1C(=O)NCC(N)=O. The molecule has 7 aromatic rings. The van der Waals surface area contributed by atoms with Gasteiger partial charge in [-0.25, -0.2) is 4.98 Å². The van der Waals surface area contributed by atoms with Crippen LogP contribution >= 0.6 is 0 Å². The highest BCUT2D eigenvalue weighted by atomic mass is 16.3. The molecular weight excluding hydrogens is 1530 g/mol. The van der Waals surface area contributed by atoms with E-state index < -0.39 is 133 Å². The van der Waals surface area contributed by atoms with Gasteiger partial charge in [-0.3, -0.25) is 92.6 Å². The minimum atomic E-state index is -1.85. The second kappa shape index (κ2) is 44.5. The number of hydrogen-bond donors (Lipinski definition) is 19. The first-order chi connectivity index (χ1) is 56.8. The highest BCUT2D eigenvalue weighted by Gasteiger charge is 2.40. The first-order valence-electron chi connectivity index (χ1n) is 38.9. The summed E-state index contributed by atoms with van der Waals surface area (Å²) < 4.78 is 0. The van der Waals surface area contributed by atoms with Gasteiger partial charge in [-0.15, -0.1) is 0 Å². The normalized spacial score (nSPS) is 15.5. The van der Waals surface area contributed by atoms with Gasteiger partial charge in [-0.2, -0.15) is 0 Å². The summed E-state index contributed by atoms with van der Waals surface area (Å²) in [7, 11) is 0. The zero-order valence-corrected chi connectivity index (χ0v) is 65.4. The number of nitrogens with zero attached hydrogens (tertiary/aromatic N) is 7. The maximum absolute atomic E-state index is 15.2. The standard InChI is InChI=1S/C79H102N24O15/c1-46(2)33-60(72(112)96-59(15-9-27-89-79(81)82)78(118)103-31-10-16-65(103)77(117)92-41-66(80)106)97-70(110)57(14-6-8-26-87-68(108)48-19-20-50(90-37-48)42-102(43-52-40-83-28-29-85-52)32-30-88-69(109)56-13-5-7-25-86-56)95-73(113)61(34-47-17-21-53(105)22-18-47)98-76(116)64(44-104)101-74(114)62(35-49-38-91-55-12-4-3-11-54(49)55)99-75(115)63(36-51-39-84-45-93-51)100-71(111)58-23-24-67(107)94-58/h3-5,7,11-13,17-22,25,28-29,37-40,45-46,57-65,91,104-105H,6,8-10,14-16,23-24,26-27,30-36,41-44H2,1-2H3,(H2,80,106)(H,84,93)(H,87,108)(H,88,109)(H,92,117)(H,94,107)(H,95,113)(H,96,112)(H,97,110)(H,98,116)(H,99,115)(H,100,111)(H,101,114)(H4,81,82,89)/t57-,58+,59+,60+,61+,62+,63+,64+,65+/m1/s1. The molecular formula is C79H102N24O15. The third kappa shape index (κ3) is 27.4. The van der Waals surface area contributed by atoms with Crippen LogP contribution in [-0.2, 0) is 85.1 Å². The summed E-state index contributed by atoms with van der Waals surface area (Å²) >= 11 is 0. The number of aromatic hydroxyl groups is 1. The lowest BCUT2D eigenvalue weighted by atomic mass is 10.00. The molecule has 7 heterocycles. The number of carbonyl (C=O) groups excluding carboxylic acids is 13. The fourth-order valence-corrected chi connectivity index (χ4v) is 13.5. The first kappa shape index (κ1) is 88.6. The molecule has 0 unspecified atom stereocenters. The van der Waals surface area contributed by atoms with Crippen molar-refractivity contribution in [3.05, 3.63) is 168 Å². The van der Waals surface area contributed by atoms with E-state index in [1.807, 2.05) is 4.90 Å². The molecule has 9 rings (SSSR count). The predicted molar refractivity (Wildman–Crippen MR) is 427 cm³/mol. The number of hydrogen-bond acceptors (Lipinski definition) is 22. The molecule has 5 aromatic heterocycles. The van der Waals surface area contributed by atoms with Crippen LogP contribution in [0, 0.1) is 11.3 Å². The van der Waals surface area contributed by atoms with Crippen LogP contribution in [0.2, 0.25) is 0 Å². The number of imidazole rings is 1. The van der Waals surface area contributed by atoms with Crippen molar-refractivity contribution in [2.45, 2.75) is 165 Å². The number of aliphatic hydroxyl groups excluding tert-OH is 1. The fourth-order valence-electron chi connectivity index (χ4n) is 13.5. The lowest BCUT2D eigenvalue weighted by Gasteiger charge is -2.31. The summed E-state index contributed by atoms with van der Waals surface area (Å²) in [6.45, 7) is 3.50. The fraction of sp³-hybridized carbons (Fsp3) is 0.430. The Hall–Kier alpha value is -13.3. The molecule has 2 aromatic carbocycles. The third-order valence-electron chi connectivity index (χ3n) is 19.6. The van der Waals surface area contributed by atoms with Crippen molar-refractivity contribution < 1.29 is 72.5 Å². The quantitative estimate of drug-likeness (QED) is 0.0109. The first-order valence-corrected chi connectivity index (χ1v) is 38.9. The van der Waals surface area contributed by atoms with Crippen molar-refractivity contribution >= 4 is 93.7 Å². The number of rotatable bonds is 45. The van der Waals surface area contributed by atoms with Crippen molar-refractivity contribution in [2.24, 2.45) is 17.4 Å². The van der Waals surface area contributed by atoms with Crippen molar-refractivity contribution in [1.29, 1.82) is 5.41 Å². The molecule has 39 heteroatoms. The van der Waals surface area contributed by atoms with Gasteiger partial charge in [0.05, 0.1) is 42.1 Å². The van der Waals surface area contributed by atoms with Crippen LogP contribution in [-0.4, -0.2) is 238 Å². The van der Waals surface area contributed by atoms with Crippen molar-refractivity contribution in [3.8, 4) is 5.75 Å². The van der Waals surface area contributed by atoms with E-state index in [9.17, 15) is 63.0 Å². The number of carbonyl (C=O) groups is 13. The van der Waals surface area contributed by atoms with Crippen molar-refractivity contribution in [3.63, 3.8) is 0 Å². The van der Waals surface area contributed by atoms with E-state index in [0.717, 1.165) is 0 Å². The Morgan fingerprint density at radius 3 is 1.93 bits per heavy atom. The molecule has 2 fully saturated rings. The van der Waals surface area contributed by atoms with Crippen LogP contribution < -0.4 is 75.3 Å². The van der Waals surface area contributed by atoms with E-state index in [2.05, 4.69) is 98.7 Å². The summed E-state index contributed by atoms with van der Waals surface area (Å²) in [4.78, 5) is 212. The lowest BCUT2D eigenvalue weighted by molar-refractivity contribution is -0.142. The van der Waals surface area contributed by atoms with Crippen LogP contribution in [0.1, 0.15) is 127 Å². The van der Waals surface area contributed by atoms with Gasteiger partial charge in [0.15, 0.2) is 5.96 Å². The average molecular weight is 1630 g/mol. The number of pyridine rings is 2.